The van der Waals surface area contributed by atoms with Gasteiger partial charge in [-0.1, -0.05) is 41.4 Å². The van der Waals surface area contributed by atoms with E-state index >= 15 is 0 Å². The predicted molar refractivity (Wildman–Crippen MR) is 199 cm³/mol. The Hall–Kier alpha value is -2.79. The molecule has 0 N–H and O–H groups in total. The highest BCUT2D eigenvalue weighted by Gasteiger charge is 2.44. The zero-order valence-corrected chi connectivity index (χ0v) is 32.6. The Bertz CT molecular complexity index is 2050. The number of allylic oxidation sites excluding steroid dienone is 8. The summed E-state index contributed by atoms with van der Waals surface area (Å²) < 4.78 is 75.8. The van der Waals surface area contributed by atoms with E-state index in [1.807, 2.05) is 30.6 Å². The Morgan fingerprint density at radius 3 is 2.52 bits per heavy atom. The molecular formula is C37H43ClN2O9S3-2. The lowest BCUT2D eigenvalue weighted by molar-refractivity contribution is -0.777. The van der Waals surface area contributed by atoms with Crippen LogP contribution < -0.4 is 10.2 Å². The van der Waals surface area contributed by atoms with E-state index in [-0.39, 0.29) is 11.3 Å². The van der Waals surface area contributed by atoms with Gasteiger partial charge in [0.2, 0.25) is 5.69 Å². The summed E-state index contributed by atoms with van der Waals surface area (Å²) in [7, 11) is -9.04. The molecule has 2 aromatic rings. The van der Waals surface area contributed by atoms with E-state index in [4.69, 9.17) is 11.6 Å². The summed E-state index contributed by atoms with van der Waals surface area (Å²) in [6.45, 7) is 7.18. The first-order valence-corrected chi connectivity index (χ1v) is 21.5. The lowest BCUT2D eigenvalue weighted by Gasteiger charge is -2.22. The van der Waals surface area contributed by atoms with Crippen molar-refractivity contribution in [2.45, 2.75) is 82.4 Å². The van der Waals surface area contributed by atoms with Crippen LogP contribution in [0.4, 0.5) is 11.4 Å². The van der Waals surface area contributed by atoms with Gasteiger partial charge in [0.1, 0.15) is 16.7 Å². The van der Waals surface area contributed by atoms with Gasteiger partial charge in [-0.2, -0.15) is 8.91 Å². The third-order valence-corrected chi connectivity index (χ3v) is 12.4. The fourth-order valence-electron chi connectivity index (χ4n) is 7.15. The highest BCUT2D eigenvalue weighted by molar-refractivity contribution is 7.94. The van der Waals surface area contributed by atoms with E-state index in [0.29, 0.717) is 29.3 Å². The van der Waals surface area contributed by atoms with Gasteiger partial charge in [-0.15, -0.1) is 0 Å². The summed E-state index contributed by atoms with van der Waals surface area (Å²) >= 11 is 8.08. The molecule has 0 aromatic heterocycles. The van der Waals surface area contributed by atoms with Gasteiger partial charge in [-0.25, -0.2) is 16.8 Å². The number of rotatable bonds is 16. The van der Waals surface area contributed by atoms with Crippen molar-refractivity contribution in [1.82, 2.24) is 0 Å². The zero-order chi connectivity index (χ0) is 37.7. The summed E-state index contributed by atoms with van der Waals surface area (Å²) in [4.78, 5) is 2.02. The minimum absolute atomic E-state index is 0.177. The summed E-state index contributed by atoms with van der Waals surface area (Å²) in [5, 5.41) is 14.2. The number of halogens is 1. The minimum atomic E-state index is -4.69. The van der Waals surface area contributed by atoms with Crippen molar-refractivity contribution in [3.63, 3.8) is 0 Å². The molecule has 0 amide bonds. The average molecular weight is 791 g/mol. The van der Waals surface area contributed by atoms with Crippen LogP contribution in [0.25, 0.3) is 0 Å². The third-order valence-electron chi connectivity index (χ3n) is 9.73. The maximum Gasteiger partial charge on any atom is 0.209 e. The Morgan fingerprint density at radius 2 is 1.79 bits per heavy atom. The van der Waals surface area contributed by atoms with E-state index in [1.54, 1.807) is 6.07 Å². The maximum absolute atomic E-state index is 11.9. The molecule has 2 heterocycles. The molecular weight excluding hydrogens is 748 g/mol. The van der Waals surface area contributed by atoms with Crippen LogP contribution in [0, 0.1) is 6.92 Å². The van der Waals surface area contributed by atoms with Crippen LogP contribution in [0.5, 0.6) is 0 Å². The van der Waals surface area contributed by atoms with Gasteiger partial charge in [0.15, 0.2) is 5.71 Å². The van der Waals surface area contributed by atoms with Crippen molar-refractivity contribution >= 4 is 61.0 Å². The first-order chi connectivity index (χ1) is 24.6. The van der Waals surface area contributed by atoms with Gasteiger partial charge in [0.25, 0.3) is 0 Å². The first-order valence-electron chi connectivity index (χ1n) is 17.2. The molecule has 0 saturated carbocycles. The number of nitrogens with zero attached hydrogens (tertiary/aromatic N) is 2. The van der Waals surface area contributed by atoms with Gasteiger partial charge < -0.3 is 19.3 Å². The summed E-state index contributed by atoms with van der Waals surface area (Å²) in [5.74, 6) is 0.173. The van der Waals surface area contributed by atoms with Gasteiger partial charge >= 0.3 is 0 Å². The molecule has 3 aliphatic rings. The zero-order valence-electron chi connectivity index (χ0n) is 29.4. The van der Waals surface area contributed by atoms with Crippen molar-refractivity contribution < 1.29 is 45.1 Å². The predicted octanol–water partition coefficient (Wildman–Crippen LogP) is 6.36. The fraction of sp³-hybridized carbons (Fsp3) is 0.432. The number of fused-ring (bicyclic) bond motifs is 2. The second kappa shape index (κ2) is 17.1. The van der Waals surface area contributed by atoms with Crippen molar-refractivity contribution in [3.05, 3.63) is 99.3 Å². The lowest BCUT2D eigenvalue weighted by Crippen LogP contribution is -2.28. The first kappa shape index (κ1) is 40.4. The molecule has 52 heavy (non-hydrogen) atoms. The second-order valence-corrected chi connectivity index (χ2v) is 17.8. The van der Waals surface area contributed by atoms with Crippen molar-refractivity contribution in [1.29, 1.82) is 0 Å². The number of hydrogen-bond acceptors (Lipinski definition) is 11. The second-order valence-electron chi connectivity index (χ2n) is 13.8. The van der Waals surface area contributed by atoms with E-state index in [0.717, 1.165) is 79.7 Å². The van der Waals surface area contributed by atoms with Crippen LogP contribution in [0.3, 0.4) is 0 Å². The topological polar surface area (TPSA) is 162 Å². The molecule has 2 aromatic carbocycles. The van der Waals surface area contributed by atoms with E-state index in [1.165, 1.54) is 34.6 Å². The van der Waals surface area contributed by atoms with Crippen molar-refractivity contribution in [3.8, 4) is 0 Å². The van der Waals surface area contributed by atoms with Crippen LogP contribution in [0.2, 0.25) is 0 Å². The average Bonchev–Trinajstić information content (AvgIpc) is 3.52. The van der Waals surface area contributed by atoms with Gasteiger partial charge in [0, 0.05) is 77.1 Å². The molecule has 0 spiro atoms. The van der Waals surface area contributed by atoms with Gasteiger partial charge in [0.05, 0.1) is 20.4 Å². The minimum Gasteiger partial charge on any atom is -0.748 e. The third kappa shape index (κ3) is 9.84. The standard InChI is InChI=1S/C37H45ClN2O9S3/c1-26-11-16-33-29(23-26)24-30(39(33)19-4-6-21-50-49-48-41)14-12-27-9-8-10-28(36(27)38)13-18-35-37(2,3)32-25-31(52(45,46)47)15-17-34(32)40(35)20-5-7-22-51(42,43)44/h11-18,23,25H,4-10,19-22,24H2,1-3H3,(H2-,41,42,43,44,45,46,47)/p-2. The molecule has 0 bridgehead atoms. The van der Waals surface area contributed by atoms with E-state index in [2.05, 4.69) is 51.5 Å². The Labute approximate surface area is 315 Å². The molecule has 282 valence electrons. The van der Waals surface area contributed by atoms with Crippen LogP contribution in [0.15, 0.2) is 87.5 Å². The normalized spacial score (nSPS) is 19.1. The largest absolute Gasteiger partial charge is 0.748 e. The molecule has 5 rings (SSSR count). The molecule has 11 nitrogen and oxygen atoms in total. The van der Waals surface area contributed by atoms with Crippen LogP contribution >= 0.6 is 23.6 Å². The molecule has 15 heteroatoms. The molecule has 0 unspecified atom stereocenters. The maximum atomic E-state index is 11.9. The molecule has 2 aliphatic heterocycles. The highest BCUT2D eigenvalue weighted by Crippen LogP contribution is 2.42. The Balaban J connectivity index is 1.42. The number of anilines is 1. The van der Waals surface area contributed by atoms with Crippen molar-refractivity contribution in [2.75, 3.05) is 29.5 Å². The number of aryl methyl sites for hydroxylation is 1. The number of benzene rings is 2. The van der Waals surface area contributed by atoms with Crippen LogP contribution in [-0.4, -0.2) is 60.8 Å². The SMILES string of the molecule is Cc1ccc2c(c1)C/C(=C\C=C1/CCCC(/C=C/C3=[N+](CCCCS(=O)(=O)[O-])c4ccc(S(=O)(=O)[O-])cc4C3(C)C)=C1Cl)N2CCCCSOO[O-]. The van der Waals surface area contributed by atoms with Crippen LogP contribution in [0.1, 0.15) is 75.5 Å². The van der Waals surface area contributed by atoms with E-state index < -0.39 is 31.4 Å². The summed E-state index contributed by atoms with van der Waals surface area (Å²) in [6, 6.07) is 10.8. The molecule has 0 fully saturated rings. The number of unbranched alkanes of at least 4 members (excludes halogenated alkanes) is 2. The number of hydrogen-bond donors (Lipinski definition) is 0. The van der Waals surface area contributed by atoms with Crippen molar-refractivity contribution in [2.24, 2.45) is 0 Å². The van der Waals surface area contributed by atoms with E-state index in [9.17, 15) is 31.2 Å². The molecule has 1 aliphatic carbocycles. The molecule has 0 atom stereocenters. The fourth-order valence-corrected chi connectivity index (χ4v) is 8.94. The lowest BCUT2D eigenvalue weighted by atomic mass is 9.81. The van der Waals surface area contributed by atoms with Gasteiger partial charge in [-0.05, 0) is 100 Å². The highest BCUT2D eigenvalue weighted by atomic mass is 35.5. The smallest absolute Gasteiger partial charge is 0.209 e. The molecule has 0 radical (unpaired) electrons. The van der Waals surface area contributed by atoms with Crippen LogP contribution in [-0.2, 0) is 41.4 Å². The van der Waals surface area contributed by atoms with Gasteiger partial charge in [-0.3, -0.25) is 5.04 Å². The quantitative estimate of drug-likeness (QED) is 0.0465. The summed E-state index contributed by atoms with van der Waals surface area (Å²) in [5.41, 5.74) is 8.35. The molecule has 0 saturated heterocycles. The Morgan fingerprint density at radius 1 is 1.00 bits per heavy atom. The summed E-state index contributed by atoms with van der Waals surface area (Å²) in [6.07, 6.45) is 13.8. The Kier molecular flexibility index (Phi) is 13.3. The monoisotopic (exact) mass is 790 g/mol.